The normalized spacial score (nSPS) is 18.6. The lowest BCUT2D eigenvalue weighted by molar-refractivity contribution is -0.150. The fourth-order valence-corrected chi connectivity index (χ4v) is 8.80. The largest absolute Gasteiger partial charge is 0.477 e. The number of sulfonamides is 1. The van der Waals surface area contributed by atoms with Gasteiger partial charge in [0.05, 0.1) is 4.90 Å². The molecule has 4 N–H and O–H groups in total. The predicted molar refractivity (Wildman–Crippen MR) is 167 cm³/mol. The molecule has 14 nitrogen and oxygen atoms in total. The Morgan fingerprint density at radius 2 is 2.09 bits per heavy atom. The Morgan fingerprint density at radius 1 is 1.34 bits per heavy atom. The van der Waals surface area contributed by atoms with Gasteiger partial charge in [0.2, 0.25) is 10.0 Å². The number of benzene rings is 1. The van der Waals surface area contributed by atoms with Crippen LogP contribution in [-0.4, -0.2) is 99.4 Å². The van der Waals surface area contributed by atoms with E-state index in [1.54, 1.807) is 19.1 Å². The molecule has 236 valence electrons. The summed E-state index contributed by atoms with van der Waals surface area (Å²) in [4.78, 5) is 59.8. The average molecular weight is 683 g/mol. The van der Waals surface area contributed by atoms with Gasteiger partial charge in [-0.3, -0.25) is 19.3 Å². The number of amides is 2. The average Bonchev–Trinajstić information content (AvgIpc) is 3.41. The standard InChI is InChI=1S/C26H30N6O8S4/c1-4-31(8-9-41-14(2)33)44(38,39)17-7-5-6-15(11-17)10-16-12-42-24-20(23(35)32(24)21(16)25(36)37)29-22(34)19(30-40-3)18-13-43-26(27)28-18/h5-7,11,13,20,24H,4,8-10,12H2,1-3H3,(H2,27,28)(H,29,34)(H,36,37)/b30-19+/t20-,24-/m1/s1. The van der Waals surface area contributed by atoms with Crippen LogP contribution in [0.1, 0.15) is 25.1 Å². The number of carbonyl (C=O) groups is 4. The van der Waals surface area contributed by atoms with Gasteiger partial charge in [-0.05, 0) is 29.7 Å². The fraction of sp³-hybridized carbons (Fsp3) is 0.385. The lowest BCUT2D eigenvalue weighted by Crippen LogP contribution is -2.71. The van der Waals surface area contributed by atoms with E-state index in [2.05, 4.69) is 15.5 Å². The van der Waals surface area contributed by atoms with Crippen molar-refractivity contribution < 1.29 is 37.5 Å². The van der Waals surface area contributed by atoms with Crippen molar-refractivity contribution in [1.29, 1.82) is 0 Å². The number of nitrogens with zero attached hydrogens (tertiary/aromatic N) is 4. The van der Waals surface area contributed by atoms with E-state index < -0.39 is 39.2 Å². The maximum absolute atomic E-state index is 13.3. The van der Waals surface area contributed by atoms with Gasteiger partial charge in [-0.25, -0.2) is 18.2 Å². The van der Waals surface area contributed by atoms with Crippen LogP contribution in [0.3, 0.4) is 0 Å². The number of aliphatic carboxylic acids is 1. The number of carboxylic acids is 1. The highest BCUT2D eigenvalue weighted by atomic mass is 32.2. The molecule has 0 radical (unpaired) electrons. The number of anilines is 1. The number of aromatic nitrogens is 1. The van der Waals surface area contributed by atoms with E-state index >= 15 is 0 Å². The van der Waals surface area contributed by atoms with Gasteiger partial charge in [-0.15, -0.1) is 23.1 Å². The fourth-order valence-electron chi connectivity index (χ4n) is 4.67. The van der Waals surface area contributed by atoms with Crippen LogP contribution in [-0.2, 0) is 40.5 Å². The van der Waals surface area contributed by atoms with Gasteiger partial charge in [-0.2, -0.15) is 4.31 Å². The minimum absolute atomic E-state index is 0.0432. The number of nitrogens with two attached hydrogens (primary N) is 1. The summed E-state index contributed by atoms with van der Waals surface area (Å²) in [6.07, 6.45) is 0.0910. The van der Waals surface area contributed by atoms with E-state index in [0.29, 0.717) is 16.9 Å². The molecule has 0 aliphatic carbocycles. The zero-order chi connectivity index (χ0) is 32.2. The second-order valence-electron chi connectivity index (χ2n) is 9.47. The zero-order valence-electron chi connectivity index (χ0n) is 23.9. The Kier molecular flexibility index (Phi) is 10.7. The van der Waals surface area contributed by atoms with Crippen molar-refractivity contribution in [2.45, 2.75) is 36.6 Å². The van der Waals surface area contributed by atoms with Crippen molar-refractivity contribution in [3.63, 3.8) is 0 Å². The number of nitrogen functional groups attached to an aromatic ring is 1. The minimum atomic E-state index is -3.87. The molecule has 3 heterocycles. The molecular weight excluding hydrogens is 653 g/mol. The molecule has 1 aromatic heterocycles. The van der Waals surface area contributed by atoms with E-state index in [0.717, 1.165) is 28.0 Å². The molecule has 0 unspecified atom stereocenters. The van der Waals surface area contributed by atoms with E-state index in [9.17, 15) is 32.7 Å². The van der Waals surface area contributed by atoms with Crippen molar-refractivity contribution in [1.82, 2.24) is 19.5 Å². The molecule has 2 aromatic rings. The van der Waals surface area contributed by atoms with Crippen LogP contribution in [0.25, 0.3) is 0 Å². The minimum Gasteiger partial charge on any atom is -0.477 e. The first-order valence-electron chi connectivity index (χ1n) is 13.1. The van der Waals surface area contributed by atoms with Crippen LogP contribution in [0.15, 0.2) is 51.0 Å². The molecule has 2 atom stereocenters. The van der Waals surface area contributed by atoms with E-state index in [1.165, 1.54) is 47.6 Å². The Balaban J connectivity index is 1.52. The molecule has 2 aliphatic rings. The summed E-state index contributed by atoms with van der Waals surface area (Å²) in [5.41, 5.74) is 6.42. The van der Waals surface area contributed by atoms with Crippen LogP contribution < -0.4 is 11.1 Å². The number of carbonyl (C=O) groups excluding carboxylic acids is 3. The third-order valence-corrected chi connectivity index (χ3v) is 11.4. The second kappa shape index (κ2) is 14.1. The monoisotopic (exact) mass is 682 g/mol. The number of thioether (sulfide) groups is 2. The molecule has 2 amide bonds. The van der Waals surface area contributed by atoms with E-state index in [-0.39, 0.29) is 57.5 Å². The van der Waals surface area contributed by atoms with Gasteiger partial charge < -0.3 is 21.0 Å². The van der Waals surface area contributed by atoms with Crippen molar-refractivity contribution in [3.05, 3.63) is 52.2 Å². The van der Waals surface area contributed by atoms with Crippen molar-refractivity contribution in [3.8, 4) is 0 Å². The summed E-state index contributed by atoms with van der Waals surface area (Å²) in [5, 5.41) is 17.3. The zero-order valence-corrected chi connectivity index (χ0v) is 27.1. The maximum Gasteiger partial charge on any atom is 0.352 e. The van der Waals surface area contributed by atoms with Gasteiger partial charge in [0.1, 0.15) is 29.9 Å². The smallest absolute Gasteiger partial charge is 0.352 e. The first-order chi connectivity index (χ1) is 20.9. The quantitative estimate of drug-likeness (QED) is 0.156. The SMILES string of the molecule is CCN(CCSC(C)=O)S(=O)(=O)c1cccc(CC2=C(C(=O)O)N3C(=O)[C@@H](NC(=O)/C(=N/OC)c4csc(N)n4)[C@H]3SC2)c1. The molecule has 4 rings (SSSR count). The number of nitrogens with one attached hydrogen (secondary N) is 1. The highest BCUT2D eigenvalue weighted by Crippen LogP contribution is 2.41. The number of oxime groups is 1. The first-order valence-corrected chi connectivity index (χ1v) is 17.5. The Bertz CT molecular complexity index is 1640. The Hall–Kier alpha value is -3.45. The van der Waals surface area contributed by atoms with Crippen LogP contribution in [0, 0.1) is 0 Å². The summed E-state index contributed by atoms with van der Waals surface area (Å²) >= 11 is 3.42. The number of rotatable bonds is 13. The number of β-lactam (4-membered cyclic amide) rings is 1. The van der Waals surface area contributed by atoms with Crippen molar-refractivity contribution in [2.24, 2.45) is 5.16 Å². The van der Waals surface area contributed by atoms with Gasteiger partial charge in [0.25, 0.3) is 11.8 Å². The van der Waals surface area contributed by atoms with Crippen LogP contribution in [0.5, 0.6) is 0 Å². The summed E-state index contributed by atoms with van der Waals surface area (Å²) in [7, 11) is -2.62. The molecule has 18 heteroatoms. The van der Waals surface area contributed by atoms with Crippen LogP contribution in [0.4, 0.5) is 5.13 Å². The van der Waals surface area contributed by atoms with Crippen molar-refractivity contribution in [2.75, 3.05) is 37.4 Å². The molecule has 0 spiro atoms. The summed E-state index contributed by atoms with van der Waals surface area (Å²) in [5.74, 6) is -2.11. The van der Waals surface area contributed by atoms with E-state index in [4.69, 9.17) is 10.6 Å². The van der Waals surface area contributed by atoms with Crippen LogP contribution >= 0.6 is 34.9 Å². The van der Waals surface area contributed by atoms with Gasteiger partial charge in [0.15, 0.2) is 16.0 Å². The molecule has 0 saturated carbocycles. The number of hydrogen-bond donors (Lipinski definition) is 3. The van der Waals surface area contributed by atoms with Gasteiger partial charge in [0, 0.05) is 36.9 Å². The van der Waals surface area contributed by atoms with Crippen LogP contribution in [0.2, 0.25) is 0 Å². The topological polar surface area (TPSA) is 202 Å². The molecule has 44 heavy (non-hydrogen) atoms. The molecule has 2 aliphatic heterocycles. The second-order valence-corrected chi connectivity index (χ2v) is 14.7. The molecule has 0 bridgehead atoms. The van der Waals surface area contributed by atoms with E-state index in [1.807, 2.05) is 0 Å². The summed E-state index contributed by atoms with van der Waals surface area (Å²) in [6.45, 7) is 3.50. The number of thiazole rings is 1. The predicted octanol–water partition coefficient (Wildman–Crippen LogP) is 1.35. The molecule has 1 saturated heterocycles. The number of carboxylic acid groups (broad SMARTS) is 1. The lowest BCUT2D eigenvalue weighted by Gasteiger charge is -2.49. The first kappa shape index (κ1) is 33.4. The number of fused-ring (bicyclic) bond motifs is 1. The Labute approximate surface area is 266 Å². The highest BCUT2D eigenvalue weighted by Gasteiger charge is 2.54. The number of hydrogen-bond acceptors (Lipinski definition) is 13. The van der Waals surface area contributed by atoms with Gasteiger partial charge >= 0.3 is 5.97 Å². The molecule has 1 aromatic carbocycles. The van der Waals surface area contributed by atoms with Crippen molar-refractivity contribution >= 4 is 78.6 Å². The maximum atomic E-state index is 13.3. The van der Waals surface area contributed by atoms with Gasteiger partial charge in [-0.1, -0.05) is 36.0 Å². The third-order valence-electron chi connectivity index (χ3n) is 6.65. The molecule has 1 fully saturated rings. The highest BCUT2D eigenvalue weighted by molar-refractivity contribution is 8.13. The summed E-state index contributed by atoms with van der Waals surface area (Å²) < 4.78 is 27.9. The summed E-state index contributed by atoms with van der Waals surface area (Å²) in [6, 6.07) is 5.20. The Morgan fingerprint density at radius 3 is 2.70 bits per heavy atom. The molecular formula is C26H30N6O8S4. The third kappa shape index (κ3) is 7.09. The lowest BCUT2D eigenvalue weighted by atomic mass is 9.99.